The van der Waals surface area contributed by atoms with Crippen LogP contribution < -0.4 is 4.74 Å². The maximum absolute atomic E-state index is 12.0. The number of ether oxygens (including phenoxy) is 2. The zero-order valence-electron chi connectivity index (χ0n) is 13.8. The Morgan fingerprint density at radius 2 is 1.79 bits per heavy atom. The molecule has 0 bridgehead atoms. The van der Waals surface area contributed by atoms with Crippen molar-refractivity contribution in [1.29, 1.82) is 0 Å². The van der Waals surface area contributed by atoms with E-state index in [1.807, 2.05) is 24.3 Å². The lowest BCUT2D eigenvalue weighted by Gasteiger charge is -2.10. The second kappa shape index (κ2) is 8.67. The lowest BCUT2D eigenvalue weighted by Crippen LogP contribution is -2.13. The molecular formula is C20H20O4. The first kappa shape index (κ1) is 17.5. The van der Waals surface area contributed by atoms with Gasteiger partial charge in [-0.1, -0.05) is 43.3 Å². The van der Waals surface area contributed by atoms with Gasteiger partial charge in [-0.05, 0) is 35.8 Å². The normalized spacial score (nSPS) is 11.0. The summed E-state index contributed by atoms with van der Waals surface area (Å²) in [6, 6.07) is 14.8. The summed E-state index contributed by atoms with van der Waals surface area (Å²) in [5, 5.41) is 0. The van der Waals surface area contributed by atoms with Gasteiger partial charge >= 0.3 is 5.97 Å². The van der Waals surface area contributed by atoms with Crippen LogP contribution in [-0.2, 0) is 16.0 Å². The summed E-state index contributed by atoms with van der Waals surface area (Å²) >= 11 is 0. The van der Waals surface area contributed by atoms with Crippen LogP contribution in [0.15, 0.2) is 54.1 Å². The number of aryl methyl sites for hydroxylation is 1. The number of aldehydes is 1. The molecule has 0 unspecified atom stereocenters. The van der Waals surface area contributed by atoms with Crippen LogP contribution >= 0.6 is 0 Å². The highest BCUT2D eigenvalue weighted by Crippen LogP contribution is 2.18. The van der Waals surface area contributed by atoms with Crippen molar-refractivity contribution in [3.05, 3.63) is 70.8 Å². The molecule has 0 aliphatic rings. The van der Waals surface area contributed by atoms with E-state index in [0.29, 0.717) is 16.9 Å². The van der Waals surface area contributed by atoms with E-state index in [1.54, 1.807) is 30.3 Å². The fourth-order valence-corrected chi connectivity index (χ4v) is 2.21. The number of carbonyl (C=O) groups is 2. The molecule has 0 N–H and O–H groups in total. The maximum Gasteiger partial charge on any atom is 0.337 e. The van der Waals surface area contributed by atoms with Crippen molar-refractivity contribution < 1.29 is 19.1 Å². The molecule has 2 aromatic rings. The number of methoxy groups -OCH3 is 1. The maximum atomic E-state index is 12.0. The van der Waals surface area contributed by atoms with E-state index in [0.717, 1.165) is 18.3 Å². The zero-order chi connectivity index (χ0) is 17.4. The molecule has 24 heavy (non-hydrogen) atoms. The summed E-state index contributed by atoms with van der Waals surface area (Å²) in [5.41, 5.74) is 2.93. The van der Waals surface area contributed by atoms with Crippen molar-refractivity contribution in [3.8, 4) is 5.75 Å². The molecule has 0 atom stereocenters. The fourth-order valence-electron chi connectivity index (χ4n) is 2.21. The second-order valence-corrected chi connectivity index (χ2v) is 5.20. The van der Waals surface area contributed by atoms with Gasteiger partial charge in [0, 0.05) is 0 Å². The lowest BCUT2D eigenvalue weighted by atomic mass is 10.1. The Balaban J connectivity index is 2.20. The highest BCUT2D eigenvalue weighted by Gasteiger charge is 2.12. The van der Waals surface area contributed by atoms with E-state index >= 15 is 0 Å². The van der Waals surface area contributed by atoms with E-state index in [4.69, 9.17) is 9.47 Å². The number of rotatable bonds is 7. The summed E-state index contributed by atoms with van der Waals surface area (Å²) in [6.07, 6.45) is 3.41. The molecule has 0 spiro atoms. The van der Waals surface area contributed by atoms with Gasteiger partial charge < -0.3 is 9.47 Å². The Labute approximate surface area is 141 Å². The van der Waals surface area contributed by atoms with Crippen LogP contribution in [0.3, 0.4) is 0 Å². The first-order chi connectivity index (χ1) is 11.7. The SMILES string of the molecule is CCc1ccc(/C=C(\COc2ccccc2C=O)C(=O)OC)cc1. The molecule has 0 saturated carbocycles. The van der Waals surface area contributed by atoms with Gasteiger partial charge in [0.1, 0.15) is 12.4 Å². The largest absolute Gasteiger partial charge is 0.488 e. The fraction of sp³-hybridized carbons (Fsp3) is 0.200. The topological polar surface area (TPSA) is 52.6 Å². The van der Waals surface area contributed by atoms with Crippen LogP contribution in [0.4, 0.5) is 0 Å². The van der Waals surface area contributed by atoms with Crippen LogP contribution in [0, 0.1) is 0 Å². The molecule has 0 saturated heterocycles. The number of hydrogen-bond acceptors (Lipinski definition) is 4. The first-order valence-corrected chi connectivity index (χ1v) is 7.72. The van der Waals surface area contributed by atoms with Crippen LogP contribution in [0.1, 0.15) is 28.4 Å². The van der Waals surface area contributed by atoms with E-state index in [-0.39, 0.29) is 6.61 Å². The Morgan fingerprint density at radius 3 is 2.42 bits per heavy atom. The predicted molar refractivity (Wildman–Crippen MR) is 93.1 cm³/mol. The number of para-hydroxylation sites is 1. The quantitative estimate of drug-likeness (QED) is 0.443. The molecule has 0 aliphatic carbocycles. The number of hydrogen-bond donors (Lipinski definition) is 0. The standard InChI is InChI=1S/C20H20O4/c1-3-15-8-10-16(11-9-15)12-18(20(22)23-2)14-24-19-7-5-4-6-17(19)13-21/h4-13H,3,14H2,1-2H3/b18-12+. The molecule has 0 radical (unpaired) electrons. The smallest absolute Gasteiger partial charge is 0.337 e. The van der Waals surface area contributed by atoms with Crippen molar-refractivity contribution in [3.63, 3.8) is 0 Å². The van der Waals surface area contributed by atoms with Gasteiger partial charge in [0.2, 0.25) is 0 Å². The molecule has 4 heteroatoms. The van der Waals surface area contributed by atoms with Crippen LogP contribution in [-0.4, -0.2) is 26.0 Å². The minimum Gasteiger partial charge on any atom is -0.488 e. The monoisotopic (exact) mass is 324 g/mol. The Morgan fingerprint density at radius 1 is 1.08 bits per heavy atom. The van der Waals surface area contributed by atoms with Gasteiger partial charge in [0.15, 0.2) is 6.29 Å². The minimum atomic E-state index is -0.460. The van der Waals surface area contributed by atoms with Crippen molar-refractivity contribution in [2.45, 2.75) is 13.3 Å². The summed E-state index contributed by atoms with van der Waals surface area (Å²) < 4.78 is 10.4. The molecular weight excluding hydrogens is 304 g/mol. The number of benzene rings is 2. The molecule has 0 aliphatic heterocycles. The molecule has 124 valence electrons. The third-order valence-corrected chi connectivity index (χ3v) is 3.61. The number of carbonyl (C=O) groups excluding carboxylic acids is 2. The summed E-state index contributed by atoms with van der Waals surface area (Å²) in [6.45, 7) is 2.11. The minimum absolute atomic E-state index is 0.0209. The van der Waals surface area contributed by atoms with Crippen LogP contribution in [0.2, 0.25) is 0 Å². The van der Waals surface area contributed by atoms with E-state index in [1.165, 1.54) is 12.7 Å². The summed E-state index contributed by atoms with van der Waals surface area (Å²) in [4.78, 5) is 23.0. The molecule has 0 amide bonds. The Kier molecular flexibility index (Phi) is 6.32. The van der Waals surface area contributed by atoms with E-state index in [9.17, 15) is 9.59 Å². The third-order valence-electron chi connectivity index (χ3n) is 3.61. The van der Waals surface area contributed by atoms with E-state index < -0.39 is 5.97 Å². The van der Waals surface area contributed by atoms with Gasteiger partial charge in [-0.3, -0.25) is 4.79 Å². The average molecular weight is 324 g/mol. The van der Waals surface area contributed by atoms with Crippen molar-refractivity contribution in [1.82, 2.24) is 0 Å². The van der Waals surface area contributed by atoms with Gasteiger partial charge in [0.05, 0.1) is 18.2 Å². The molecule has 4 nitrogen and oxygen atoms in total. The van der Waals surface area contributed by atoms with Crippen molar-refractivity contribution in [2.75, 3.05) is 13.7 Å². The van der Waals surface area contributed by atoms with Crippen molar-refractivity contribution in [2.24, 2.45) is 0 Å². The molecule has 2 aromatic carbocycles. The molecule has 2 rings (SSSR count). The summed E-state index contributed by atoms with van der Waals surface area (Å²) in [5.74, 6) is -0.0261. The number of esters is 1. The highest BCUT2D eigenvalue weighted by molar-refractivity contribution is 5.94. The first-order valence-electron chi connectivity index (χ1n) is 7.72. The van der Waals surface area contributed by atoms with Crippen LogP contribution in [0.25, 0.3) is 6.08 Å². The third kappa shape index (κ3) is 4.56. The van der Waals surface area contributed by atoms with Crippen LogP contribution in [0.5, 0.6) is 5.75 Å². The molecule has 0 fully saturated rings. The van der Waals surface area contributed by atoms with Gasteiger partial charge in [-0.2, -0.15) is 0 Å². The zero-order valence-corrected chi connectivity index (χ0v) is 13.8. The highest BCUT2D eigenvalue weighted by atomic mass is 16.5. The Hall–Kier alpha value is -2.88. The predicted octanol–water partition coefficient (Wildman–Crippen LogP) is 3.70. The van der Waals surface area contributed by atoms with E-state index in [2.05, 4.69) is 6.92 Å². The lowest BCUT2D eigenvalue weighted by molar-refractivity contribution is -0.136. The second-order valence-electron chi connectivity index (χ2n) is 5.20. The van der Waals surface area contributed by atoms with Gasteiger partial charge in [-0.25, -0.2) is 4.79 Å². The molecule has 0 heterocycles. The summed E-state index contributed by atoms with van der Waals surface area (Å²) in [7, 11) is 1.33. The van der Waals surface area contributed by atoms with Gasteiger partial charge in [0.25, 0.3) is 0 Å². The molecule has 0 aromatic heterocycles. The van der Waals surface area contributed by atoms with Crippen molar-refractivity contribution >= 4 is 18.3 Å². The Bertz CT molecular complexity index is 730. The average Bonchev–Trinajstić information content (AvgIpc) is 2.65. The van der Waals surface area contributed by atoms with Gasteiger partial charge in [-0.15, -0.1) is 0 Å².